The molecule has 1 saturated heterocycles. The average molecular weight is 625 g/mol. The fourth-order valence-corrected chi connectivity index (χ4v) is 7.32. The molecule has 0 unspecified atom stereocenters. The van der Waals surface area contributed by atoms with Gasteiger partial charge in [0.1, 0.15) is 0 Å². The van der Waals surface area contributed by atoms with E-state index in [1.807, 2.05) is 60.7 Å². The summed E-state index contributed by atoms with van der Waals surface area (Å²) in [5, 5.41) is 5.06. The summed E-state index contributed by atoms with van der Waals surface area (Å²) in [5.41, 5.74) is 6.83. The zero-order chi connectivity index (χ0) is 28.3. The second-order valence-corrected chi connectivity index (χ2v) is 12.0. The number of nitrogens with zero attached hydrogens (tertiary/aromatic N) is 2. The van der Waals surface area contributed by atoms with Gasteiger partial charge in [-0.2, -0.15) is 5.10 Å². The molecule has 0 spiro atoms. The minimum absolute atomic E-state index is 0.123. The lowest BCUT2D eigenvalue weighted by Gasteiger charge is -2.52. The van der Waals surface area contributed by atoms with E-state index in [1.165, 1.54) is 4.90 Å². The first-order valence-electron chi connectivity index (χ1n) is 13.3. The van der Waals surface area contributed by atoms with E-state index in [4.69, 9.17) is 11.6 Å². The van der Waals surface area contributed by atoms with Crippen molar-refractivity contribution in [1.29, 1.82) is 0 Å². The maximum atomic E-state index is 14.3. The molecule has 4 aromatic rings. The number of halogens is 2. The lowest BCUT2D eigenvalue weighted by molar-refractivity contribution is -0.123. The third-order valence-electron chi connectivity index (χ3n) is 8.50. The van der Waals surface area contributed by atoms with Crippen molar-refractivity contribution in [3.05, 3.63) is 134 Å². The summed E-state index contributed by atoms with van der Waals surface area (Å²) in [4.78, 5) is 42.7. The highest BCUT2D eigenvalue weighted by Gasteiger charge is 2.68. The Morgan fingerprint density at radius 1 is 0.878 bits per heavy atom. The van der Waals surface area contributed by atoms with Crippen LogP contribution in [0.5, 0.6) is 0 Å². The SMILES string of the molecule is O=C(Cc1ccc(Cl)cc1)N/N=C\C12c3ccccc3C(c3ccccc31)[C@H]1C(=O)N(c3ccc(Br)cc3)C(=O)[C@@H]12. The van der Waals surface area contributed by atoms with Crippen molar-refractivity contribution in [2.24, 2.45) is 16.9 Å². The maximum absolute atomic E-state index is 14.3. The van der Waals surface area contributed by atoms with Gasteiger partial charge in [-0.1, -0.05) is 88.2 Å². The van der Waals surface area contributed by atoms with Gasteiger partial charge in [-0.05, 0) is 64.2 Å². The Morgan fingerprint density at radius 3 is 2.12 bits per heavy atom. The summed E-state index contributed by atoms with van der Waals surface area (Å²) in [6, 6.07) is 30.2. The van der Waals surface area contributed by atoms with Crippen molar-refractivity contribution in [2.75, 3.05) is 4.90 Å². The van der Waals surface area contributed by atoms with E-state index >= 15 is 0 Å². The fraction of sp³-hybridized carbons (Fsp3) is 0.152. The van der Waals surface area contributed by atoms with Crippen molar-refractivity contribution in [3.8, 4) is 0 Å². The summed E-state index contributed by atoms with van der Waals surface area (Å²) < 4.78 is 0.857. The zero-order valence-corrected chi connectivity index (χ0v) is 24.0. The first kappa shape index (κ1) is 25.9. The number of anilines is 1. The van der Waals surface area contributed by atoms with Crippen molar-refractivity contribution in [1.82, 2.24) is 5.43 Å². The van der Waals surface area contributed by atoms with E-state index in [1.54, 1.807) is 42.6 Å². The minimum Gasteiger partial charge on any atom is -0.274 e. The molecule has 2 atom stereocenters. The minimum atomic E-state index is -1.04. The van der Waals surface area contributed by atoms with Crippen LogP contribution in [0.3, 0.4) is 0 Å². The van der Waals surface area contributed by atoms with Gasteiger partial charge in [-0.15, -0.1) is 0 Å². The maximum Gasteiger partial charge on any atom is 0.244 e. The molecule has 2 bridgehead atoms. The number of carbonyl (C=O) groups is 3. The normalized spacial score (nSPS) is 23.9. The first-order valence-corrected chi connectivity index (χ1v) is 14.5. The van der Waals surface area contributed by atoms with Gasteiger partial charge < -0.3 is 0 Å². The first-order chi connectivity index (χ1) is 19.9. The third-order valence-corrected chi connectivity index (χ3v) is 9.28. The highest BCUT2D eigenvalue weighted by molar-refractivity contribution is 9.10. The molecule has 6 nitrogen and oxygen atoms in total. The molecule has 202 valence electrons. The zero-order valence-electron chi connectivity index (χ0n) is 21.6. The second kappa shape index (κ2) is 9.79. The van der Waals surface area contributed by atoms with Gasteiger partial charge in [0, 0.05) is 21.6 Å². The molecule has 4 aliphatic rings. The Kier molecular flexibility index (Phi) is 6.17. The number of hydrogen-bond acceptors (Lipinski definition) is 4. The molecular weight excluding hydrogens is 602 g/mol. The smallest absolute Gasteiger partial charge is 0.244 e. The van der Waals surface area contributed by atoms with Crippen LogP contribution in [0.2, 0.25) is 5.02 Å². The molecule has 3 aliphatic carbocycles. The van der Waals surface area contributed by atoms with E-state index in [-0.39, 0.29) is 30.1 Å². The third kappa shape index (κ3) is 3.90. The number of rotatable bonds is 5. The molecule has 0 radical (unpaired) electrons. The van der Waals surface area contributed by atoms with E-state index in [0.29, 0.717) is 10.7 Å². The molecule has 1 aliphatic heterocycles. The highest BCUT2D eigenvalue weighted by Crippen LogP contribution is 2.63. The summed E-state index contributed by atoms with van der Waals surface area (Å²) in [6.45, 7) is 0. The molecule has 1 fully saturated rings. The Bertz CT molecular complexity index is 1710. The Labute approximate surface area is 250 Å². The lowest BCUT2D eigenvalue weighted by atomic mass is 9.47. The Hall–Kier alpha value is -4.07. The van der Waals surface area contributed by atoms with Crippen LogP contribution < -0.4 is 10.3 Å². The highest BCUT2D eigenvalue weighted by atomic mass is 79.9. The van der Waals surface area contributed by atoms with Gasteiger partial charge in [0.2, 0.25) is 17.7 Å². The topological polar surface area (TPSA) is 78.8 Å². The molecule has 3 amide bonds. The van der Waals surface area contributed by atoms with Crippen LogP contribution >= 0.6 is 27.5 Å². The van der Waals surface area contributed by atoms with E-state index in [2.05, 4.69) is 26.5 Å². The number of hydrazone groups is 1. The number of carbonyl (C=O) groups excluding carboxylic acids is 3. The Balaban J connectivity index is 1.34. The number of amides is 3. The molecule has 41 heavy (non-hydrogen) atoms. The molecule has 4 aromatic carbocycles. The largest absolute Gasteiger partial charge is 0.274 e. The van der Waals surface area contributed by atoms with Crippen LogP contribution in [-0.2, 0) is 26.2 Å². The molecule has 8 heteroatoms. The van der Waals surface area contributed by atoms with Gasteiger partial charge >= 0.3 is 0 Å². The molecule has 1 N–H and O–H groups in total. The van der Waals surface area contributed by atoms with Crippen LogP contribution in [0, 0.1) is 11.8 Å². The van der Waals surface area contributed by atoms with Gasteiger partial charge in [0.05, 0.1) is 29.4 Å². The molecule has 0 aromatic heterocycles. The van der Waals surface area contributed by atoms with Crippen molar-refractivity contribution >= 4 is 57.2 Å². The lowest BCUT2D eigenvalue weighted by Crippen LogP contribution is -2.54. The molecule has 0 saturated carbocycles. The Morgan fingerprint density at radius 2 is 1.49 bits per heavy atom. The van der Waals surface area contributed by atoms with Crippen LogP contribution in [0.1, 0.15) is 33.7 Å². The van der Waals surface area contributed by atoms with Crippen LogP contribution in [-0.4, -0.2) is 23.9 Å². The van der Waals surface area contributed by atoms with Crippen molar-refractivity contribution in [3.63, 3.8) is 0 Å². The summed E-state index contributed by atoms with van der Waals surface area (Å²) in [5.74, 6) is -2.37. The second-order valence-electron chi connectivity index (χ2n) is 10.6. The van der Waals surface area contributed by atoms with Crippen molar-refractivity contribution in [2.45, 2.75) is 17.8 Å². The van der Waals surface area contributed by atoms with E-state index < -0.39 is 17.3 Å². The monoisotopic (exact) mass is 623 g/mol. The predicted molar refractivity (Wildman–Crippen MR) is 161 cm³/mol. The average Bonchev–Trinajstić information content (AvgIpc) is 3.25. The predicted octanol–water partition coefficient (Wildman–Crippen LogP) is 6.00. The van der Waals surface area contributed by atoms with Crippen molar-refractivity contribution < 1.29 is 14.4 Å². The standard InChI is InChI=1S/C33H23BrClN3O3/c34-20-11-15-22(16-12-20)38-31(40)29-28-23-5-1-3-7-25(23)33(30(29)32(38)41,26-8-4-2-6-24(26)28)18-36-37-27(39)17-19-9-13-21(35)14-10-19/h1-16,18,28-30H,17H2,(H,37,39)/b36-18-/t28?,29-,30-,33?/m1/s1. The van der Waals surface area contributed by atoms with Gasteiger partial charge in [-0.3, -0.25) is 14.4 Å². The number of benzene rings is 4. The molecule has 1 heterocycles. The number of imide groups is 1. The fourth-order valence-electron chi connectivity index (χ4n) is 6.93. The number of nitrogens with one attached hydrogen (secondary N) is 1. The van der Waals surface area contributed by atoms with Gasteiger partial charge in [0.15, 0.2) is 0 Å². The van der Waals surface area contributed by atoms with Crippen LogP contribution in [0.15, 0.2) is 107 Å². The summed E-state index contributed by atoms with van der Waals surface area (Å²) in [6.07, 6.45) is 1.80. The van der Waals surface area contributed by atoms with Crippen LogP contribution in [0.25, 0.3) is 0 Å². The van der Waals surface area contributed by atoms with E-state index in [0.717, 1.165) is 32.3 Å². The van der Waals surface area contributed by atoms with Gasteiger partial charge in [-0.25, -0.2) is 10.3 Å². The quantitative estimate of drug-likeness (QED) is 0.168. The van der Waals surface area contributed by atoms with Gasteiger partial charge in [0.25, 0.3) is 0 Å². The van der Waals surface area contributed by atoms with Crippen LogP contribution in [0.4, 0.5) is 5.69 Å². The molecule has 8 rings (SSSR count). The number of hydrogen-bond donors (Lipinski definition) is 1. The van der Waals surface area contributed by atoms with E-state index in [9.17, 15) is 14.4 Å². The summed E-state index contributed by atoms with van der Waals surface area (Å²) in [7, 11) is 0. The summed E-state index contributed by atoms with van der Waals surface area (Å²) >= 11 is 9.42. The molecular formula is C33H23BrClN3O3.